The fraction of sp³-hybridized carbons (Fsp3) is 0.786. The van der Waals surface area contributed by atoms with E-state index in [0.717, 1.165) is 17.9 Å². The Labute approximate surface area is 91.9 Å². The highest BCUT2D eigenvalue weighted by atomic mass is 16.1. The van der Waals surface area contributed by atoms with Crippen molar-refractivity contribution in [3.63, 3.8) is 0 Å². The molecular weight excluding hydrogens is 184 g/mol. The summed E-state index contributed by atoms with van der Waals surface area (Å²) in [5, 5.41) is 0. The van der Waals surface area contributed by atoms with Gasteiger partial charge in [-0.15, -0.1) is 0 Å². The molecule has 0 N–H and O–H groups in total. The second-order valence-electron chi connectivity index (χ2n) is 6.53. The van der Waals surface area contributed by atoms with Gasteiger partial charge in [-0.05, 0) is 42.1 Å². The minimum atomic E-state index is 0.226. The minimum Gasteiger partial charge on any atom is -0.295 e. The average Bonchev–Trinajstić information content (AvgIpc) is 2.46. The van der Waals surface area contributed by atoms with Gasteiger partial charge in [0.1, 0.15) is 0 Å². The van der Waals surface area contributed by atoms with Crippen LogP contribution in [0.5, 0.6) is 0 Å². The first-order valence-electron chi connectivity index (χ1n) is 6.20. The number of rotatable bonds is 0. The summed E-state index contributed by atoms with van der Waals surface area (Å²) in [7, 11) is 0. The molecular formula is C14H20O. The van der Waals surface area contributed by atoms with Crippen LogP contribution in [0.2, 0.25) is 0 Å². The summed E-state index contributed by atoms with van der Waals surface area (Å²) in [6.07, 6.45) is 5.87. The third-order valence-corrected chi connectivity index (χ3v) is 5.45. The van der Waals surface area contributed by atoms with Gasteiger partial charge in [0, 0.05) is 11.8 Å². The van der Waals surface area contributed by atoms with Crippen molar-refractivity contribution in [3.8, 4) is 0 Å². The van der Waals surface area contributed by atoms with Gasteiger partial charge in [0.2, 0.25) is 0 Å². The van der Waals surface area contributed by atoms with Gasteiger partial charge in [-0.2, -0.15) is 0 Å². The van der Waals surface area contributed by atoms with Crippen molar-refractivity contribution in [1.82, 2.24) is 0 Å². The molecule has 0 aromatic heterocycles. The van der Waals surface area contributed by atoms with Gasteiger partial charge in [0.15, 0.2) is 5.78 Å². The Morgan fingerprint density at radius 1 is 1.33 bits per heavy atom. The molecule has 1 heteroatoms. The van der Waals surface area contributed by atoms with Crippen LogP contribution < -0.4 is 0 Å². The lowest BCUT2D eigenvalue weighted by molar-refractivity contribution is -0.115. The number of hydrogen-bond acceptors (Lipinski definition) is 1. The summed E-state index contributed by atoms with van der Waals surface area (Å²) < 4.78 is 0. The molecule has 3 aliphatic rings. The number of carbonyl (C=O) groups is 1. The molecule has 3 rings (SSSR count). The lowest BCUT2D eigenvalue weighted by Crippen LogP contribution is -2.28. The maximum atomic E-state index is 11.8. The van der Waals surface area contributed by atoms with E-state index in [9.17, 15) is 4.79 Å². The van der Waals surface area contributed by atoms with Crippen LogP contribution in [0.4, 0.5) is 0 Å². The minimum absolute atomic E-state index is 0.226. The highest BCUT2D eigenvalue weighted by Crippen LogP contribution is 2.69. The fourth-order valence-corrected chi connectivity index (χ4v) is 4.93. The van der Waals surface area contributed by atoms with Crippen molar-refractivity contribution in [3.05, 3.63) is 12.2 Å². The number of Topliss-reactive ketones (excluding diaryl/α,β-unsaturated/α-hetero) is 1. The van der Waals surface area contributed by atoms with Gasteiger partial charge in [-0.25, -0.2) is 0 Å². The molecule has 0 amide bonds. The summed E-state index contributed by atoms with van der Waals surface area (Å²) in [4.78, 5) is 11.8. The first-order chi connectivity index (χ1) is 6.97. The van der Waals surface area contributed by atoms with E-state index >= 15 is 0 Å². The smallest absolute Gasteiger partial charge is 0.159 e. The normalized spacial score (nSPS) is 47.1. The molecule has 3 saturated carbocycles. The molecule has 0 aromatic rings. The van der Waals surface area contributed by atoms with Gasteiger partial charge in [-0.1, -0.05) is 26.8 Å². The third kappa shape index (κ3) is 0.971. The maximum absolute atomic E-state index is 11.8. The molecule has 2 bridgehead atoms. The van der Waals surface area contributed by atoms with E-state index in [1.807, 2.05) is 0 Å². The first-order valence-corrected chi connectivity index (χ1v) is 6.20. The fourth-order valence-electron chi connectivity index (χ4n) is 4.93. The predicted molar refractivity (Wildman–Crippen MR) is 60.4 cm³/mol. The van der Waals surface area contributed by atoms with Gasteiger partial charge in [0.05, 0.1) is 0 Å². The van der Waals surface area contributed by atoms with Crippen molar-refractivity contribution < 1.29 is 4.79 Å². The van der Waals surface area contributed by atoms with Gasteiger partial charge in [-0.3, -0.25) is 4.79 Å². The zero-order valence-electron chi connectivity index (χ0n) is 9.81. The number of hydrogen-bond donors (Lipinski definition) is 0. The standard InChI is InChI=1S/C14H20O/c1-9-12(15)7-11-10-5-4-6-14(9,11)8-13(10,2)3/h10-11H,1,4-8H2,2-3H3/t10-,11-,14-/m0/s1. The van der Waals surface area contributed by atoms with Crippen LogP contribution in [-0.4, -0.2) is 5.78 Å². The van der Waals surface area contributed by atoms with E-state index in [1.165, 1.54) is 25.7 Å². The van der Waals surface area contributed by atoms with Crippen LogP contribution in [0.1, 0.15) is 46.0 Å². The van der Waals surface area contributed by atoms with Crippen molar-refractivity contribution in [2.75, 3.05) is 0 Å². The second-order valence-corrected chi connectivity index (χ2v) is 6.53. The molecule has 0 heterocycles. The molecule has 0 aromatic carbocycles. The molecule has 0 aliphatic heterocycles. The first kappa shape index (κ1) is 9.62. The predicted octanol–water partition coefficient (Wildman–Crippen LogP) is 3.35. The molecule has 0 saturated heterocycles. The van der Waals surface area contributed by atoms with E-state index in [1.54, 1.807) is 0 Å². The average molecular weight is 204 g/mol. The van der Waals surface area contributed by atoms with Gasteiger partial charge in [0.25, 0.3) is 0 Å². The SMILES string of the molecule is C=C1C(=O)C[C@H]2[C@@H]3CCC[C@]12CC3(C)C. The van der Waals surface area contributed by atoms with Crippen molar-refractivity contribution in [2.45, 2.75) is 46.0 Å². The molecule has 3 fully saturated rings. The molecule has 0 spiro atoms. The summed E-state index contributed by atoms with van der Waals surface area (Å²) in [6, 6.07) is 0. The Morgan fingerprint density at radius 2 is 2.07 bits per heavy atom. The lowest BCUT2D eigenvalue weighted by atomic mass is 9.67. The van der Waals surface area contributed by atoms with Gasteiger partial charge < -0.3 is 0 Å². The van der Waals surface area contributed by atoms with Crippen LogP contribution in [0.15, 0.2) is 12.2 Å². The molecule has 3 atom stereocenters. The topological polar surface area (TPSA) is 17.1 Å². The van der Waals surface area contributed by atoms with Crippen LogP contribution in [0, 0.1) is 22.7 Å². The number of ketones is 1. The highest BCUT2D eigenvalue weighted by molar-refractivity contribution is 5.99. The van der Waals surface area contributed by atoms with E-state index in [-0.39, 0.29) is 5.41 Å². The molecule has 82 valence electrons. The largest absolute Gasteiger partial charge is 0.295 e. The highest BCUT2D eigenvalue weighted by Gasteiger charge is 2.63. The van der Waals surface area contributed by atoms with Crippen LogP contribution >= 0.6 is 0 Å². The van der Waals surface area contributed by atoms with E-state index in [2.05, 4.69) is 20.4 Å². The Morgan fingerprint density at radius 3 is 2.73 bits per heavy atom. The quantitative estimate of drug-likeness (QED) is 0.553. The number of allylic oxidation sites excluding steroid dienone is 1. The van der Waals surface area contributed by atoms with Crippen molar-refractivity contribution in [2.24, 2.45) is 22.7 Å². The Bertz CT molecular complexity index is 352. The zero-order valence-corrected chi connectivity index (χ0v) is 9.81. The number of carbonyl (C=O) groups excluding carboxylic acids is 1. The van der Waals surface area contributed by atoms with Crippen LogP contribution in [0.25, 0.3) is 0 Å². The maximum Gasteiger partial charge on any atom is 0.159 e. The second kappa shape index (κ2) is 2.56. The lowest BCUT2D eigenvalue weighted by Gasteiger charge is -2.36. The van der Waals surface area contributed by atoms with Crippen molar-refractivity contribution >= 4 is 5.78 Å². The van der Waals surface area contributed by atoms with Crippen molar-refractivity contribution in [1.29, 1.82) is 0 Å². The summed E-state index contributed by atoms with van der Waals surface area (Å²) in [5.41, 5.74) is 1.64. The van der Waals surface area contributed by atoms with Crippen LogP contribution in [-0.2, 0) is 4.79 Å². The van der Waals surface area contributed by atoms with E-state index < -0.39 is 0 Å². The molecule has 1 nitrogen and oxygen atoms in total. The summed E-state index contributed by atoms with van der Waals surface area (Å²) >= 11 is 0. The Hall–Kier alpha value is -0.590. The summed E-state index contributed by atoms with van der Waals surface area (Å²) in [5.74, 6) is 1.78. The Kier molecular flexibility index (Phi) is 1.64. The van der Waals surface area contributed by atoms with Gasteiger partial charge >= 0.3 is 0 Å². The molecule has 0 unspecified atom stereocenters. The third-order valence-electron chi connectivity index (χ3n) is 5.45. The summed E-state index contributed by atoms with van der Waals surface area (Å²) in [6.45, 7) is 8.88. The van der Waals surface area contributed by atoms with Crippen LogP contribution in [0.3, 0.4) is 0 Å². The zero-order chi connectivity index (χ0) is 10.8. The molecule has 15 heavy (non-hydrogen) atoms. The van der Waals surface area contributed by atoms with E-state index in [0.29, 0.717) is 17.1 Å². The van der Waals surface area contributed by atoms with E-state index in [4.69, 9.17) is 0 Å². The Balaban J connectivity index is 2.11. The molecule has 3 aliphatic carbocycles. The monoisotopic (exact) mass is 204 g/mol. The molecule has 0 radical (unpaired) electrons.